The second kappa shape index (κ2) is 7.05. The van der Waals surface area contributed by atoms with Crippen LogP contribution in [0.25, 0.3) is 0 Å². The number of nitrogens with zero attached hydrogens (tertiary/aromatic N) is 1. The Morgan fingerprint density at radius 2 is 1.96 bits per heavy atom. The number of benzene rings is 1. The highest BCUT2D eigenvalue weighted by atomic mass is 16.7. The van der Waals surface area contributed by atoms with Crippen molar-refractivity contribution in [2.75, 3.05) is 19.8 Å². The van der Waals surface area contributed by atoms with E-state index in [9.17, 15) is 15.3 Å². The average molecular weight is 339 g/mol. The zero-order chi connectivity index (χ0) is 17.3. The van der Waals surface area contributed by atoms with E-state index in [1.54, 1.807) is 12.0 Å². The molecule has 134 valence electrons. The lowest BCUT2D eigenvalue weighted by molar-refractivity contribution is -0.256. The lowest BCUT2D eigenvalue weighted by Gasteiger charge is -2.48. The SMILES string of the molecule is C[C@]1([C@H](O)[C@H](O)CO)OC[C@H]2CON(Cc3ccccc3)[C@H]2[C@@H]1O. The van der Waals surface area contributed by atoms with Gasteiger partial charge in [0.05, 0.1) is 25.9 Å². The van der Waals surface area contributed by atoms with Crippen LogP contribution in [0.15, 0.2) is 30.3 Å². The number of rotatable bonds is 5. The lowest BCUT2D eigenvalue weighted by Crippen LogP contribution is -2.66. The molecule has 0 amide bonds. The van der Waals surface area contributed by atoms with Gasteiger partial charge >= 0.3 is 0 Å². The zero-order valence-electron chi connectivity index (χ0n) is 13.7. The third kappa shape index (κ3) is 3.09. The molecule has 2 aliphatic heterocycles. The van der Waals surface area contributed by atoms with Gasteiger partial charge in [-0.05, 0) is 12.5 Å². The van der Waals surface area contributed by atoms with Gasteiger partial charge in [-0.2, -0.15) is 5.06 Å². The van der Waals surface area contributed by atoms with Crippen LogP contribution in [0.2, 0.25) is 0 Å². The van der Waals surface area contributed by atoms with E-state index in [0.717, 1.165) is 5.56 Å². The van der Waals surface area contributed by atoms with Crippen LogP contribution < -0.4 is 0 Å². The first kappa shape index (κ1) is 17.8. The number of aliphatic hydroxyl groups excluding tert-OH is 4. The summed E-state index contributed by atoms with van der Waals surface area (Å²) in [6, 6.07) is 9.41. The van der Waals surface area contributed by atoms with Crippen molar-refractivity contribution in [1.29, 1.82) is 0 Å². The molecule has 1 aromatic rings. The predicted octanol–water partition coefficient (Wildman–Crippen LogP) is -0.718. The zero-order valence-corrected chi connectivity index (χ0v) is 13.7. The molecule has 6 atom stereocenters. The number of hydroxylamine groups is 2. The molecule has 3 rings (SSSR count). The lowest BCUT2D eigenvalue weighted by atomic mass is 9.78. The second-order valence-corrected chi connectivity index (χ2v) is 6.74. The van der Waals surface area contributed by atoms with E-state index in [4.69, 9.17) is 14.7 Å². The van der Waals surface area contributed by atoms with E-state index in [0.29, 0.717) is 19.8 Å². The van der Waals surface area contributed by atoms with Gasteiger partial charge in [0.25, 0.3) is 0 Å². The molecule has 2 saturated heterocycles. The van der Waals surface area contributed by atoms with Crippen LogP contribution in [0.3, 0.4) is 0 Å². The molecule has 7 nitrogen and oxygen atoms in total. The first-order valence-electron chi connectivity index (χ1n) is 8.20. The highest BCUT2D eigenvalue weighted by Gasteiger charge is 2.56. The Kier molecular flexibility index (Phi) is 5.22. The fourth-order valence-corrected chi connectivity index (χ4v) is 3.54. The summed E-state index contributed by atoms with van der Waals surface area (Å²) in [4.78, 5) is 5.73. The topological polar surface area (TPSA) is 103 Å². The number of aliphatic hydroxyl groups is 4. The van der Waals surface area contributed by atoms with Crippen LogP contribution in [0.4, 0.5) is 0 Å². The summed E-state index contributed by atoms with van der Waals surface area (Å²) in [7, 11) is 0. The van der Waals surface area contributed by atoms with E-state index in [1.807, 2.05) is 30.3 Å². The number of fused-ring (bicyclic) bond motifs is 1. The minimum absolute atomic E-state index is 0.0183. The largest absolute Gasteiger partial charge is 0.394 e. The first-order valence-corrected chi connectivity index (χ1v) is 8.20. The van der Waals surface area contributed by atoms with Gasteiger partial charge in [-0.25, -0.2) is 0 Å². The van der Waals surface area contributed by atoms with Crippen LogP contribution in [0.5, 0.6) is 0 Å². The van der Waals surface area contributed by atoms with Crippen molar-refractivity contribution in [3.05, 3.63) is 35.9 Å². The van der Waals surface area contributed by atoms with E-state index in [1.165, 1.54) is 0 Å². The van der Waals surface area contributed by atoms with E-state index < -0.39 is 30.5 Å². The predicted molar refractivity (Wildman–Crippen MR) is 84.7 cm³/mol. The van der Waals surface area contributed by atoms with Crippen LogP contribution >= 0.6 is 0 Å². The normalized spacial score (nSPS) is 36.3. The van der Waals surface area contributed by atoms with Gasteiger partial charge in [0.15, 0.2) is 0 Å². The van der Waals surface area contributed by atoms with Crippen LogP contribution in [-0.4, -0.2) is 75.3 Å². The maximum atomic E-state index is 10.9. The Balaban J connectivity index is 1.78. The molecule has 4 N–H and O–H groups in total. The molecule has 0 aromatic heterocycles. The molecular weight excluding hydrogens is 314 g/mol. The van der Waals surface area contributed by atoms with Gasteiger partial charge in [0.2, 0.25) is 0 Å². The molecule has 2 aliphatic rings. The van der Waals surface area contributed by atoms with E-state index in [2.05, 4.69) is 0 Å². The van der Waals surface area contributed by atoms with Crippen molar-refractivity contribution < 1.29 is 30.0 Å². The quantitative estimate of drug-likeness (QED) is 0.562. The Morgan fingerprint density at radius 3 is 2.62 bits per heavy atom. The minimum Gasteiger partial charge on any atom is -0.394 e. The summed E-state index contributed by atoms with van der Waals surface area (Å²) < 4.78 is 5.70. The number of ether oxygens (including phenoxy) is 1. The summed E-state index contributed by atoms with van der Waals surface area (Å²) in [5.41, 5.74) is -0.333. The summed E-state index contributed by atoms with van der Waals surface area (Å²) in [6.07, 6.45) is -3.86. The number of hydrogen-bond donors (Lipinski definition) is 4. The van der Waals surface area contributed by atoms with Crippen LogP contribution in [-0.2, 0) is 16.1 Å². The summed E-state index contributed by atoms with van der Waals surface area (Å²) in [6.45, 7) is 2.19. The molecule has 24 heavy (non-hydrogen) atoms. The maximum absolute atomic E-state index is 10.9. The third-order valence-corrected chi connectivity index (χ3v) is 5.11. The molecule has 0 spiro atoms. The molecular formula is C17H25NO6. The Labute approximate surface area is 141 Å². The molecule has 0 bridgehead atoms. The molecule has 0 aliphatic carbocycles. The highest BCUT2D eigenvalue weighted by Crippen LogP contribution is 2.39. The monoisotopic (exact) mass is 339 g/mol. The van der Waals surface area contributed by atoms with Gasteiger partial charge < -0.3 is 25.2 Å². The average Bonchev–Trinajstić information content (AvgIpc) is 3.01. The molecule has 7 heteroatoms. The molecule has 2 fully saturated rings. The van der Waals surface area contributed by atoms with Gasteiger partial charge in [-0.15, -0.1) is 0 Å². The van der Waals surface area contributed by atoms with Crippen molar-refractivity contribution in [1.82, 2.24) is 5.06 Å². The molecule has 2 heterocycles. The van der Waals surface area contributed by atoms with Gasteiger partial charge in [-0.3, -0.25) is 4.84 Å². The van der Waals surface area contributed by atoms with Crippen molar-refractivity contribution >= 4 is 0 Å². The summed E-state index contributed by atoms with van der Waals surface area (Å²) >= 11 is 0. The summed E-state index contributed by atoms with van der Waals surface area (Å²) in [5.74, 6) is -0.0183. The molecule has 0 saturated carbocycles. The van der Waals surface area contributed by atoms with E-state index >= 15 is 0 Å². The fraction of sp³-hybridized carbons (Fsp3) is 0.647. The Hall–Kier alpha value is -1.06. The molecule has 1 aromatic carbocycles. The fourth-order valence-electron chi connectivity index (χ4n) is 3.54. The van der Waals surface area contributed by atoms with Crippen molar-refractivity contribution in [2.24, 2.45) is 5.92 Å². The van der Waals surface area contributed by atoms with Crippen molar-refractivity contribution in [3.63, 3.8) is 0 Å². The third-order valence-electron chi connectivity index (χ3n) is 5.11. The first-order chi connectivity index (χ1) is 11.5. The molecule has 0 radical (unpaired) electrons. The highest BCUT2D eigenvalue weighted by molar-refractivity contribution is 5.15. The van der Waals surface area contributed by atoms with Crippen LogP contribution in [0.1, 0.15) is 12.5 Å². The van der Waals surface area contributed by atoms with Crippen LogP contribution in [0, 0.1) is 5.92 Å². The minimum atomic E-state index is -1.40. The van der Waals surface area contributed by atoms with Crippen molar-refractivity contribution in [3.8, 4) is 0 Å². The van der Waals surface area contributed by atoms with E-state index in [-0.39, 0.29) is 12.0 Å². The molecule has 0 unspecified atom stereocenters. The Bertz CT molecular complexity index is 543. The van der Waals surface area contributed by atoms with Gasteiger partial charge in [-0.1, -0.05) is 30.3 Å². The summed E-state index contributed by atoms with van der Waals surface area (Å²) in [5, 5.41) is 41.8. The smallest absolute Gasteiger partial charge is 0.121 e. The second-order valence-electron chi connectivity index (χ2n) is 6.74. The Morgan fingerprint density at radius 1 is 1.25 bits per heavy atom. The van der Waals surface area contributed by atoms with Gasteiger partial charge in [0.1, 0.15) is 23.9 Å². The van der Waals surface area contributed by atoms with Gasteiger partial charge in [0, 0.05) is 12.5 Å². The standard InChI is InChI=1S/C17H25NO6/c1-17(15(21)13(20)8-19)16(22)14-12(9-23-17)10-24-18(14)7-11-5-3-2-4-6-11/h2-6,12-16,19-22H,7-10H2,1H3/t12-,13+,14+,15+,16-,17+/m0/s1. The van der Waals surface area contributed by atoms with Crippen molar-refractivity contribution in [2.45, 2.75) is 43.4 Å². The maximum Gasteiger partial charge on any atom is 0.121 e. The number of hydrogen-bond acceptors (Lipinski definition) is 7.